The molecule has 1 aromatic rings. The van der Waals surface area contributed by atoms with E-state index < -0.39 is 6.04 Å². The first-order chi connectivity index (χ1) is 14.0. The number of carbonyl (C=O) groups is 3. The van der Waals surface area contributed by atoms with Crippen LogP contribution in [0.1, 0.15) is 67.9 Å². The second kappa shape index (κ2) is 8.53. The first kappa shape index (κ1) is 21.3. The number of nitrogens with zero attached hydrogens (tertiary/aromatic N) is 1. The van der Waals surface area contributed by atoms with Gasteiger partial charge in [-0.2, -0.15) is 0 Å². The van der Waals surface area contributed by atoms with E-state index in [0.29, 0.717) is 25.1 Å². The zero-order valence-electron chi connectivity index (χ0n) is 17.8. The van der Waals surface area contributed by atoms with Crippen molar-refractivity contribution >= 4 is 17.7 Å². The van der Waals surface area contributed by atoms with Crippen LogP contribution < -0.4 is 15.4 Å². The average molecular weight is 402 g/mol. The van der Waals surface area contributed by atoms with Crippen LogP contribution in [0.5, 0.6) is 5.75 Å². The molecule has 1 fully saturated rings. The minimum Gasteiger partial charge on any atom is -0.492 e. The first-order valence-electron chi connectivity index (χ1n) is 10.6. The normalized spacial score (nSPS) is 25.0. The van der Waals surface area contributed by atoms with Gasteiger partial charge in [-0.15, -0.1) is 0 Å². The Labute approximate surface area is 172 Å². The Morgan fingerprint density at radius 1 is 1.28 bits per heavy atom. The van der Waals surface area contributed by atoms with E-state index in [1.807, 2.05) is 27.0 Å². The SMILES string of the molecule is CC.CCC1(CCNC)COc2cc3c(cc21)CN(C1CCC(=O)NC1=O)C3=O. The molecule has 3 aliphatic rings. The smallest absolute Gasteiger partial charge is 0.255 e. The van der Waals surface area contributed by atoms with Crippen LogP contribution in [0.4, 0.5) is 0 Å². The van der Waals surface area contributed by atoms with Gasteiger partial charge in [0.1, 0.15) is 11.8 Å². The quantitative estimate of drug-likeness (QED) is 0.738. The van der Waals surface area contributed by atoms with Crippen LogP contribution in [0.2, 0.25) is 0 Å². The summed E-state index contributed by atoms with van der Waals surface area (Å²) in [5.41, 5.74) is 2.67. The molecule has 3 amide bonds. The molecule has 3 heterocycles. The number of nitrogens with one attached hydrogen (secondary N) is 2. The van der Waals surface area contributed by atoms with Crippen molar-refractivity contribution in [2.24, 2.45) is 0 Å². The third-order valence-corrected chi connectivity index (χ3v) is 6.23. The minimum atomic E-state index is -0.585. The van der Waals surface area contributed by atoms with Gasteiger partial charge >= 0.3 is 0 Å². The molecule has 7 nitrogen and oxygen atoms in total. The maximum atomic E-state index is 12.9. The fraction of sp³-hybridized carbons (Fsp3) is 0.591. The van der Waals surface area contributed by atoms with Crippen molar-refractivity contribution in [2.45, 2.75) is 64.5 Å². The molecular weight excluding hydrogens is 370 g/mol. The molecule has 0 bridgehead atoms. The molecular formula is C22H31N3O4. The summed E-state index contributed by atoms with van der Waals surface area (Å²) in [7, 11) is 1.94. The Balaban J connectivity index is 0.00000117. The van der Waals surface area contributed by atoms with Gasteiger partial charge in [0.25, 0.3) is 5.91 Å². The molecule has 158 valence electrons. The summed E-state index contributed by atoms with van der Waals surface area (Å²) in [6.07, 6.45) is 2.57. The monoisotopic (exact) mass is 401 g/mol. The summed E-state index contributed by atoms with van der Waals surface area (Å²) in [5, 5.41) is 5.55. The van der Waals surface area contributed by atoms with Crippen molar-refractivity contribution in [3.63, 3.8) is 0 Å². The lowest BCUT2D eigenvalue weighted by Gasteiger charge is -2.29. The van der Waals surface area contributed by atoms with Crippen LogP contribution in [0, 0.1) is 0 Å². The molecule has 3 aliphatic heterocycles. The summed E-state index contributed by atoms with van der Waals surface area (Å²) in [5.74, 6) is -0.0292. The highest BCUT2D eigenvalue weighted by atomic mass is 16.5. The lowest BCUT2D eigenvalue weighted by molar-refractivity contribution is -0.136. The summed E-state index contributed by atoms with van der Waals surface area (Å²) in [6, 6.07) is 3.36. The molecule has 1 aromatic carbocycles. The third kappa shape index (κ3) is 3.64. The van der Waals surface area contributed by atoms with Crippen LogP contribution in [0.25, 0.3) is 0 Å². The van der Waals surface area contributed by atoms with Crippen molar-refractivity contribution < 1.29 is 19.1 Å². The summed E-state index contributed by atoms with van der Waals surface area (Å²) in [4.78, 5) is 38.1. The number of benzene rings is 1. The molecule has 29 heavy (non-hydrogen) atoms. The summed E-state index contributed by atoms with van der Waals surface area (Å²) < 4.78 is 5.97. The molecule has 0 aromatic heterocycles. The van der Waals surface area contributed by atoms with Gasteiger partial charge in [0.05, 0.1) is 6.61 Å². The predicted molar refractivity (Wildman–Crippen MR) is 110 cm³/mol. The second-order valence-corrected chi connectivity index (χ2v) is 7.68. The van der Waals surface area contributed by atoms with Gasteiger partial charge in [-0.3, -0.25) is 19.7 Å². The molecule has 1 saturated heterocycles. The van der Waals surface area contributed by atoms with E-state index in [0.717, 1.165) is 36.3 Å². The van der Waals surface area contributed by atoms with Crippen molar-refractivity contribution in [1.29, 1.82) is 0 Å². The fourth-order valence-electron chi connectivity index (χ4n) is 4.46. The molecule has 2 atom stereocenters. The number of imide groups is 1. The standard InChI is InChI=1S/C20H25N3O4.C2H6/c1-3-20(6-7-21-2)11-27-16-9-13-12(8-14(16)20)10-23(19(13)26)15-4-5-17(24)22-18(15)25;1-2/h8-9,15,21H,3-7,10-11H2,1-2H3,(H,22,24,25);1-2H3. The van der Waals surface area contributed by atoms with E-state index in [-0.39, 0.29) is 29.6 Å². The highest BCUT2D eigenvalue weighted by molar-refractivity contribution is 6.05. The number of amides is 3. The Bertz CT molecular complexity index is 823. The van der Waals surface area contributed by atoms with E-state index in [9.17, 15) is 14.4 Å². The van der Waals surface area contributed by atoms with Crippen LogP contribution in [0.15, 0.2) is 12.1 Å². The zero-order chi connectivity index (χ0) is 21.2. The van der Waals surface area contributed by atoms with Gasteiger partial charge in [0.15, 0.2) is 0 Å². The van der Waals surface area contributed by atoms with Gasteiger partial charge in [0.2, 0.25) is 11.8 Å². The Morgan fingerprint density at radius 2 is 2.03 bits per heavy atom. The second-order valence-electron chi connectivity index (χ2n) is 7.68. The molecule has 2 N–H and O–H groups in total. The van der Waals surface area contributed by atoms with Crippen molar-refractivity contribution in [2.75, 3.05) is 20.2 Å². The first-order valence-corrected chi connectivity index (χ1v) is 10.6. The Kier molecular flexibility index (Phi) is 6.27. The van der Waals surface area contributed by atoms with E-state index in [2.05, 4.69) is 23.6 Å². The van der Waals surface area contributed by atoms with E-state index in [4.69, 9.17) is 4.74 Å². The molecule has 0 saturated carbocycles. The number of rotatable bonds is 5. The number of carbonyl (C=O) groups excluding carboxylic acids is 3. The average Bonchev–Trinajstić information content (AvgIpc) is 3.25. The molecule has 0 radical (unpaired) electrons. The molecule has 0 aliphatic carbocycles. The van der Waals surface area contributed by atoms with Crippen LogP contribution in [-0.4, -0.2) is 48.9 Å². The maximum absolute atomic E-state index is 12.9. The van der Waals surface area contributed by atoms with E-state index >= 15 is 0 Å². The summed E-state index contributed by atoms with van der Waals surface area (Å²) in [6.45, 7) is 8.10. The van der Waals surface area contributed by atoms with Gasteiger partial charge in [-0.1, -0.05) is 20.8 Å². The largest absolute Gasteiger partial charge is 0.492 e. The third-order valence-electron chi connectivity index (χ3n) is 6.23. The highest BCUT2D eigenvalue weighted by Crippen LogP contribution is 2.46. The molecule has 7 heteroatoms. The van der Waals surface area contributed by atoms with Crippen molar-refractivity contribution in [1.82, 2.24) is 15.5 Å². The lowest BCUT2D eigenvalue weighted by atomic mass is 9.76. The number of ether oxygens (including phenoxy) is 1. The zero-order valence-corrected chi connectivity index (χ0v) is 17.8. The van der Waals surface area contributed by atoms with Gasteiger partial charge < -0.3 is 15.0 Å². The molecule has 2 unspecified atom stereocenters. The number of piperidine rings is 1. The van der Waals surface area contributed by atoms with Gasteiger partial charge in [0, 0.05) is 29.5 Å². The predicted octanol–water partition coefficient (Wildman–Crippen LogP) is 2.12. The van der Waals surface area contributed by atoms with Crippen LogP contribution in [0.3, 0.4) is 0 Å². The van der Waals surface area contributed by atoms with Crippen molar-refractivity contribution in [3.8, 4) is 5.75 Å². The van der Waals surface area contributed by atoms with Gasteiger partial charge in [-0.25, -0.2) is 0 Å². The maximum Gasteiger partial charge on any atom is 0.255 e. The Hall–Kier alpha value is -2.41. The lowest BCUT2D eigenvalue weighted by Crippen LogP contribution is -2.52. The topological polar surface area (TPSA) is 87.7 Å². The van der Waals surface area contributed by atoms with Crippen LogP contribution >= 0.6 is 0 Å². The minimum absolute atomic E-state index is 0.0432. The van der Waals surface area contributed by atoms with E-state index in [1.54, 1.807) is 4.90 Å². The summed E-state index contributed by atoms with van der Waals surface area (Å²) >= 11 is 0. The fourth-order valence-corrected chi connectivity index (χ4v) is 4.46. The Morgan fingerprint density at radius 3 is 2.69 bits per heavy atom. The van der Waals surface area contributed by atoms with Gasteiger partial charge in [-0.05, 0) is 50.6 Å². The number of hydrogen-bond donors (Lipinski definition) is 2. The van der Waals surface area contributed by atoms with E-state index in [1.165, 1.54) is 0 Å². The van der Waals surface area contributed by atoms with Crippen molar-refractivity contribution in [3.05, 3.63) is 28.8 Å². The molecule has 4 rings (SSSR count). The van der Waals surface area contributed by atoms with Crippen LogP contribution in [-0.2, 0) is 21.5 Å². The highest BCUT2D eigenvalue weighted by Gasteiger charge is 2.43. The number of hydrogen-bond acceptors (Lipinski definition) is 5. The molecule has 0 spiro atoms. The number of fused-ring (bicyclic) bond motifs is 2.